The first-order valence-corrected chi connectivity index (χ1v) is 5.68. The van der Waals surface area contributed by atoms with Crippen molar-refractivity contribution in [1.82, 2.24) is 0 Å². The van der Waals surface area contributed by atoms with Crippen molar-refractivity contribution in [2.45, 2.75) is 0 Å². The number of carbonyl (C=O) groups excluding carboxylic acids is 1. The Labute approximate surface area is 117 Å². The van der Waals surface area contributed by atoms with Crippen LogP contribution in [0.5, 0.6) is 11.5 Å². The van der Waals surface area contributed by atoms with Gasteiger partial charge in [-0.3, -0.25) is 4.79 Å². The second kappa shape index (κ2) is 5.58. The minimum absolute atomic E-state index is 0.0703. The third kappa shape index (κ3) is 3.14. The molecule has 1 amide bonds. The zero-order valence-electron chi connectivity index (χ0n) is 10.5. The van der Waals surface area contributed by atoms with Gasteiger partial charge < -0.3 is 15.6 Å². The standard InChI is InChI=1S/C14H9F2NO4/c15-10-5-8(14(19)20)6-11(16)12(10)21-9-3-1-7(2-4-9)13(17)18/h1-6H,(H2,17,18)(H,19,20). The molecular formula is C14H9F2NO4. The highest BCUT2D eigenvalue weighted by Gasteiger charge is 2.16. The van der Waals surface area contributed by atoms with Gasteiger partial charge in [0.2, 0.25) is 5.91 Å². The Morgan fingerprint density at radius 2 is 1.52 bits per heavy atom. The van der Waals surface area contributed by atoms with Crippen molar-refractivity contribution in [2.75, 3.05) is 0 Å². The summed E-state index contributed by atoms with van der Waals surface area (Å²) in [5, 5.41) is 8.68. The number of carboxylic acids is 1. The molecule has 0 bridgehead atoms. The van der Waals surface area contributed by atoms with E-state index in [1.165, 1.54) is 24.3 Å². The number of carbonyl (C=O) groups is 2. The van der Waals surface area contributed by atoms with Crippen LogP contribution in [0, 0.1) is 11.6 Å². The van der Waals surface area contributed by atoms with Gasteiger partial charge in [0.15, 0.2) is 17.4 Å². The molecule has 0 fully saturated rings. The number of benzene rings is 2. The van der Waals surface area contributed by atoms with Crippen molar-refractivity contribution in [3.63, 3.8) is 0 Å². The Morgan fingerprint density at radius 1 is 1.00 bits per heavy atom. The van der Waals surface area contributed by atoms with Gasteiger partial charge in [-0.05, 0) is 36.4 Å². The maximum absolute atomic E-state index is 13.7. The summed E-state index contributed by atoms with van der Waals surface area (Å²) in [6.45, 7) is 0. The van der Waals surface area contributed by atoms with Gasteiger partial charge in [0.05, 0.1) is 5.56 Å². The number of ether oxygens (including phenoxy) is 1. The largest absolute Gasteiger partial charge is 0.478 e. The highest BCUT2D eigenvalue weighted by Crippen LogP contribution is 2.28. The molecule has 7 heteroatoms. The molecule has 21 heavy (non-hydrogen) atoms. The molecular weight excluding hydrogens is 284 g/mol. The summed E-state index contributed by atoms with van der Waals surface area (Å²) in [4.78, 5) is 21.5. The van der Waals surface area contributed by atoms with Gasteiger partial charge in [0.1, 0.15) is 5.75 Å². The van der Waals surface area contributed by atoms with E-state index in [0.717, 1.165) is 0 Å². The zero-order chi connectivity index (χ0) is 15.6. The summed E-state index contributed by atoms with van der Waals surface area (Å²) in [6.07, 6.45) is 0. The summed E-state index contributed by atoms with van der Waals surface area (Å²) < 4.78 is 32.3. The summed E-state index contributed by atoms with van der Waals surface area (Å²) in [5.74, 6) is -5.06. The molecule has 0 unspecified atom stereocenters. The fraction of sp³-hybridized carbons (Fsp3) is 0. The van der Waals surface area contributed by atoms with Crippen LogP contribution in [0.2, 0.25) is 0 Å². The van der Waals surface area contributed by atoms with Crippen LogP contribution >= 0.6 is 0 Å². The van der Waals surface area contributed by atoms with Crippen molar-refractivity contribution in [2.24, 2.45) is 5.73 Å². The lowest BCUT2D eigenvalue weighted by atomic mass is 10.2. The Bertz CT molecular complexity index is 690. The normalized spacial score (nSPS) is 10.2. The van der Waals surface area contributed by atoms with Crippen LogP contribution in [-0.4, -0.2) is 17.0 Å². The van der Waals surface area contributed by atoms with E-state index in [2.05, 4.69) is 0 Å². The Kier molecular flexibility index (Phi) is 3.84. The first-order chi connectivity index (χ1) is 9.88. The molecule has 2 aromatic carbocycles. The van der Waals surface area contributed by atoms with Crippen molar-refractivity contribution in [3.05, 3.63) is 59.2 Å². The first kappa shape index (κ1) is 14.4. The quantitative estimate of drug-likeness (QED) is 0.906. The monoisotopic (exact) mass is 293 g/mol. The summed E-state index contributed by atoms with van der Waals surface area (Å²) in [6, 6.07) is 6.59. The predicted octanol–water partition coefficient (Wildman–Crippen LogP) is 2.55. The molecule has 0 spiro atoms. The lowest BCUT2D eigenvalue weighted by Crippen LogP contribution is -2.10. The number of hydrogen-bond donors (Lipinski definition) is 2. The lowest BCUT2D eigenvalue weighted by molar-refractivity contribution is 0.0695. The number of amides is 1. The Hall–Kier alpha value is -2.96. The zero-order valence-corrected chi connectivity index (χ0v) is 10.5. The number of aromatic carboxylic acids is 1. The van der Waals surface area contributed by atoms with Crippen LogP contribution in [0.15, 0.2) is 36.4 Å². The molecule has 0 aromatic heterocycles. The van der Waals surface area contributed by atoms with E-state index in [1.54, 1.807) is 0 Å². The Balaban J connectivity index is 2.31. The average Bonchev–Trinajstić information content (AvgIpc) is 2.43. The molecule has 2 rings (SSSR count). The molecule has 0 aliphatic heterocycles. The molecule has 0 atom stereocenters. The predicted molar refractivity (Wildman–Crippen MR) is 68.4 cm³/mol. The second-order valence-electron chi connectivity index (χ2n) is 4.06. The van der Waals surface area contributed by atoms with Gasteiger partial charge in [-0.25, -0.2) is 13.6 Å². The number of halogens is 2. The van der Waals surface area contributed by atoms with Crippen LogP contribution in [0.3, 0.4) is 0 Å². The van der Waals surface area contributed by atoms with E-state index in [0.29, 0.717) is 12.1 Å². The SMILES string of the molecule is NC(=O)c1ccc(Oc2c(F)cc(C(=O)O)cc2F)cc1. The number of rotatable bonds is 4. The number of nitrogens with two attached hydrogens (primary N) is 1. The van der Waals surface area contributed by atoms with Crippen molar-refractivity contribution < 1.29 is 28.2 Å². The topological polar surface area (TPSA) is 89.6 Å². The molecule has 0 saturated heterocycles. The van der Waals surface area contributed by atoms with Crippen molar-refractivity contribution in [3.8, 4) is 11.5 Å². The molecule has 0 heterocycles. The highest BCUT2D eigenvalue weighted by molar-refractivity contribution is 5.92. The minimum Gasteiger partial charge on any atom is -0.478 e. The summed E-state index contributed by atoms with van der Waals surface area (Å²) in [5.41, 5.74) is 4.74. The summed E-state index contributed by atoms with van der Waals surface area (Å²) >= 11 is 0. The van der Waals surface area contributed by atoms with Gasteiger partial charge in [-0.1, -0.05) is 0 Å². The van der Waals surface area contributed by atoms with E-state index in [4.69, 9.17) is 15.6 Å². The minimum atomic E-state index is -1.45. The first-order valence-electron chi connectivity index (χ1n) is 5.68. The Morgan fingerprint density at radius 3 is 1.95 bits per heavy atom. The molecule has 0 saturated carbocycles. The molecule has 0 radical (unpaired) electrons. The third-order valence-electron chi connectivity index (χ3n) is 2.60. The molecule has 3 N–H and O–H groups in total. The van der Waals surface area contributed by atoms with Gasteiger partial charge in [0, 0.05) is 5.56 Å². The van der Waals surface area contributed by atoms with Crippen molar-refractivity contribution in [1.29, 1.82) is 0 Å². The van der Waals surface area contributed by atoms with Gasteiger partial charge in [-0.15, -0.1) is 0 Å². The van der Waals surface area contributed by atoms with E-state index in [9.17, 15) is 18.4 Å². The van der Waals surface area contributed by atoms with E-state index < -0.39 is 34.8 Å². The summed E-state index contributed by atoms with van der Waals surface area (Å²) in [7, 11) is 0. The molecule has 5 nitrogen and oxygen atoms in total. The number of hydrogen-bond acceptors (Lipinski definition) is 3. The second-order valence-corrected chi connectivity index (χ2v) is 4.06. The third-order valence-corrected chi connectivity index (χ3v) is 2.60. The maximum atomic E-state index is 13.7. The molecule has 2 aromatic rings. The molecule has 0 aliphatic rings. The van der Waals surface area contributed by atoms with Crippen LogP contribution in [0.4, 0.5) is 8.78 Å². The number of carboxylic acid groups (broad SMARTS) is 1. The van der Waals surface area contributed by atoms with Crippen LogP contribution < -0.4 is 10.5 Å². The van der Waals surface area contributed by atoms with E-state index in [1.807, 2.05) is 0 Å². The van der Waals surface area contributed by atoms with Crippen LogP contribution in [0.25, 0.3) is 0 Å². The lowest BCUT2D eigenvalue weighted by Gasteiger charge is -2.09. The maximum Gasteiger partial charge on any atom is 0.335 e. The van der Waals surface area contributed by atoms with Gasteiger partial charge in [0.25, 0.3) is 0 Å². The van der Waals surface area contributed by atoms with E-state index >= 15 is 0 Å². The van der Waals surface area contributed by atoms with Crippen LogP contribution in [0.1, 0.15) is 20.7 Å². The number of primary amides is 1. The van der Waals surface area contributed by atoms with Crippen molar-refractivity contribution >= 4 is 11.9 Å². The van der Waals surface area contributed by atoms with E-state index in [-0.39, 0.29) is 11.3 Å². The molecule has 108 valence electrons. The fourth-order valence-corrected chi connectivity index (χ4v) is 1.59. The average molecular weight is 293 g/mol. The van der Waals surface area contributed by atoms with Crippen LogP contribution in [-0.2, 0) is 0 Å². The van der Waals surface area contributed by atoms with Gasteiger partial charge in [-0.2, -0.15) is 0 Å². The molecule has 0 aliphatic carbocycles. The van der Waals surface area contributed by atoms with Gasteiger partial charge >= 0.3 is 5.97 Å². The highest BCUT2D eigenvalue weighted by atomic mass is 19.1. The smallest absolute Gasteiger partial charge is 0.335 e. The fourth-order valence-electron chi connectivity index (χ4n) is 1.59.